The van der Waals surface area contributed by atoms with E-state index in [0.717, 1.165) is 61.3 Å². The Bertz CT molecular complexity index is 610. The fourth-order valence-electron chi connectivity index (χ4n) is 4.02. The molecule has 1 aliphatic carbocycles. The number of halogens is 1. The summed E-state index contributed by atoms with van der Waals surface area (Å²) in [6, 6.07) is 0. The third kappa shape index (κ3) is 8.63. The molecule has 2 rings (SSSR count). The van der Waals surface area contributed by atoms with Crippen LogP contribution in [0.4, 0.5) is 0 Å². The van der Waals surface area contributed by atoms with Crippen molar-refractivity contribution >= 4 is 41.7 Å². The SMILES string of the molecule is CN=C(NCCCc1nnc(SC)n1CC(C)C)N(C)CC1CCC(C)CC1.I. The van der Waals surface area contributed by atoms with Gasteiger partial charge in [0.15, 0.2) is 11.1 Å². The summed E-state index contributed by atoms with van der Waals surface area (Å²) in [5, 5.41) is 13.3. The summed E-state index contributed by atoms with van der Waals surface area (Å²) in [6.45, 7) is 9.85. The van der Waals surface area contributed by atoms with E-state index < -0.39 is 0 Å². The zero-order chi connectivity index (χ0) is 20.5. The van der Waals surface area contributed by atoms with E-state index in [0.29, 0.717) is 5.92 Å². The highest BCUT2D eigenvalue weighted by atomic mass is 127. The predicted octanol–water partition coefficient (Wildman–Crippen LogP) is 4.54. The lowest BCUT2D eigenvalue weighted by Gasteiger charge is -2.31. The number of nitrogens with zero attached hydrogens (tertiary/aromatic N) is 5. The fraction of sp³-hybridized carbons (Fsp3) is 0.857. The molecule has 29 heavy (non-hydrogen) atoms. The number of thioether (sulfide) groups is 1. The minimum absolute atomic E-state index is 0. The highest BCUT2D eigenvalue weighted by molar-refractivity contribution is 14.0. The van der Waals surface area contributed by atoms with Gasteiger partial charge in [-0.05, 0) is 43.3 Å². The van der Waals surface area contributed by atoms with Crippen LogP contribution in [0.3, 0.4) is 0 Å². The van der Waals surface area contributed by atoms with Crippen molar-refractivity contribution in [1.82, 2.24) is 25.0 Å². The van der Waals surface area contributed by atoms with Crippen molar-refractivity contribution in [3.63, 3.8) is 0 Å². The Hall–Kier alpha value is -0.510. The average Bonchev–Trinajstić information content (AvgIpc) is 3.04. The molecule has 1 N–H and O–H groups in total. The van der Waals surface area contributed by atoms with E-state index in [-0.39, 0.29) is 24.0 Å². The van der Waals surface area contributed by atoms with Crippen molar-refractivity contribution in [2.24, 2.45) is 22.7 Å². The zero-order valence-electron chi connectivity index (χ0n) is 19.1. The van der Waals surface area contributed by atoms with Gasteiger partial charge < -0.3 is 14.8 Å². The molecule has 0 atom stereocenters. The van der Waals surface area contributed by atoms with E-state index in [1.165, 1.54) is 25.7 Å². The maximum Gasteiger partial charge on any atom is 0.193 e. The van der Waals surface area contributed by atoms with Crippen LogP contribution in [0, 0.1) is 17.8 Å². The quantitative estimate of drug-likeness (QED) is 0.165. The first-order valence-corrected chi connectivity index (χ1v) is 12.0. The lowest BCUT2D eigenvalue weighted by molar-refractivity contribution is 0.250. The van der Waals surface area contributed by atoms with E-state index in [9.17, 15) is 0 Å². The first-order valence-electron chi connectivity index (χ1n) is 10.8. The molecule has 1 saturated carbocycles. The van der Waals surface area contributed by atoms with Gasteiger partial charge in [0.2, 0.25) is 0 Å². The fourth-order valence-corrected chi connectivity index (χ4v) is 4.54. The molecule has 0 aromatic carbocycles. The highest BCUT2D eigenvalue weighted by Crippen LogP contribution is 2.28. The Labute approximate surface area is 199 Å². The first kappa shape index (κ1) is 26.5. The number of guanidine groups is 1. The lowest BCUT2D eigenvalue weighted by atomic mass is 9.83. The molecular formula is C21H41IN6S. The monoisotopic (exact) mass is 536 g/mol. The minimum atomic E-state index is 0. The summed E-state index contributed by atoms with van der Waals surface area (Å²) in [5.41, 5.74) is 0. The van der Waals surface area contributed by atoms with E-state index in [4.69, 9.17) is 0 Å². The number of nitrogens with one attached hydrogen (secondary N) is 1. The van der Waals surface area contributed by atoms with Crippen LogP contribution >= 0.6 is 35.7 Å². The van der Waals surface area contributed by atoms with Gasteiger partial charge in [0.25, 0.3) is 0 Å². The van der Waals surface area contributed by atoms with Gasteiger partial charge in [0.1, 0.15) is 5.82 Å². The molecule has 0 unspecified atom stereocenters. The van der Waals surface area contributed by atoms with Crippen LogP contribution in [-0.4, -0.2) is 59.1 Å². The normalized spacial score (nSPS) is 19.9. The molecule has 0 aliphatic heterocycles. The number of aromatic nitrogens is 3. The molecular weight excluding hydrogens is 495 g/mol. The van der Waals surface area contributed by atoms with Crippen molar-refractivity contribution in [3.05, 3.63) is 5.82 Å². The van der Waals surface area contributed by atoms with Crippen molar-refractivity contribution < 1.29 is 0 Å². The largest absolute Gasteiger partial charge is 0.356 e. The van der Waals surface area contributed by atoms with Crippen LogP contribution in [0.25, 0.3) is 0 Å². The smallest absolute Gasteiger partial charge is 0.193 e. The molecule has 1 heterocycles. The van der Waals surface area contributed by atoms with Gasteiger partial charge in [-0.25, -0.2) is 0 Å². The molecule has 0 bridgehead atoms. The molecule has 0 spiro atoms. The van der Waals surface area contributed by atoms with Gasteiger partial charge in [-0.3, -0.25) is 4.99 Å². The number of aliphatic imine (C=N–C) groups is 1. The van der Waals surface area contributed by atoms with Crippen LogP contribution in [0.15, 0.2) is 10.1 Å². The van der Waals surface area contributed by atoms with E-state index >= 15 is 0 Å². The second-order valence-corrected chi connectivity index (χ2v) is 9.46. The van der Waals surface area contributed by atoms with Gasteiger partial charge >= 0.3 is 0 Å². The Kier molecular flexibility index (Phi) is 12.6. The molecule has 0 saturated heterocycles. The van der Waals surface area contributed by atoms with Crippen LogP contribution in [-0.2, 0) is 13.0 Å². The van der Waals surface area contributed by atoms with Crippen molar-refractivity contribution in [2.45, 2.75) is 71.0 Å². The minimum Gasteiger partial charge on any atom is -0.356 e. The van der Waals surface area contributed by atoms with Crippen LogP contribution < -0.4 is 5.32 Å². The standard InChI is InChI=1S/C21H40N6S.HI/c1-16(2)14-27-19(24-25-21(27)28-6)8-7-13-23-20(22-4)26(5)15-18-11-9-17(3)10-12-18;/h16-18H,7-15H2,1-6H3,(H,22,23);1H. The molecule has 0 amide bonds. The lowest BCUT2D eigenvalue weighted by Crippen LogP contribution is -2.42. The summed E-state index contributed by atoms with van der Waals surface area (Å²) in [7, 11) is 4.04. The van der Waals surface area contributed by atoms with Crippen molar-refractivity contribution in [3.8, 4) is 0 Å². The summed E-state index contributed by atoms with van der Waals surface area (Å²) < 4.78 is 2.28. The molecule has 0 radical (unpaired) electrons. The summed E-state index contributed by atoms with van der Waals surface area (Å²) in [4.78, 5) is 6.78. The van der Waals surface area contributed by atoms with Crippen LogP contribution in [0.1, 0.15) is 58.7 Å². The first-order chi connectivity index (χ1) is 13.4. The molecule has 6 nitrogen and oxygen atoms in total. The Morgan fingerprint density at radius 1 is 1.28 bits per heavy atom. The maximum atomic E-state index is 4.48. The highest BCUT2D eigenvalue weighted by Gasteiger charge is 2.20. The van der Waals surface area contributed by atoms with E-state index in [1.807, 2.05) is 7.05 Å². The Morgan fingerprint density at radius 3 is 2.55 bits per heavy atom. The molecule has 1 aromatic heterocycles. The topological polar surface area (TPSA) is 58.3 Å². The number of hydrogen-bond donors (Lipinski definition) is 1. The third-order valence-corrected chi connectivity index (χ3v) is 6.29. The van der Waals surface area contributed by atoms with E-state index in [1.54, 1.807) is 11.8 Å². The number of rotatable bonds is 9. The second kappa shape index (κ2) is 13.7. The second-order valence-electron chi connectivity index (χ2n) is 8.69. The van der Waals surface area contributed by atoms with E-state index in [2.05, 4.69) is 64.0 Å². The predicted molar refractivity (Wildman–Crippen MR) is 135 cm³/mol. The van der Waals surface area contributed by atoms with Gasteiger partial charge in [-0.1, -0.05) is 45.4 Å². The average molecular weight is 537 g/mol. The molecule has 1 fully saturated rings. The van der Waals surface area contributed by atoms with Crippen molar-refractivity contribution in [1.29, 1.82) is 0 Å². The van der Waals surface area contributed by atoms with Crippen molar-refractivity contribution in [2.75, 3.05) is 33.4 Å². The molecule has 8 heteroatoms. The summed E-state index contributed by atoms with van der Waals surface area (Å²) in [6.07, 6.45) is 9.49. The molecule has 168 valence electrons. The van der Waals surface area contributed by atoms with Gasteiger partial charge in [0.05, 0.1) is 0 Å². The molecule has 1 aliphatic rings. The third-order valence-electron chi connectivity index (χ3n) is 5.62. The van der Waals surface area contributed by atoms with Crippen LogP contribution in [0.2, 0.25) is 0 Å². The van der Waals surface area contributed by atoms with Crippen LogP contribution in [0.5, 0.6) is 0 Å². The summed E-state index contributed by atoms with van der Waals surface area (Å²) >= 11 is 1.67. The Morgan fingerprint density at radius 2 is 1.97 bits per heavy atom. The maximum absolute atomic E-state index is 4.48. The Balaban J connectivity index is 0.00000420. The van der Waals surface area contributed by atoms with Gasteiger partial charge in [-0.2, -0.15) is 0 Å². The van der Waals surface area contributed by atoms with Gasteiger partial charge in [-0.15, -0.1) is 34.2 Å². The van der Waals surface area contributed by atoms with Gasteiger partial charge in [0, 0.05) is 40.2 Å². The zero-order valence-corrected chi connectivity index (χ0v) is 22.3. The molecule has 1 aromatic rings. The summed E-state index contributed by atoms with van der Waals surface area (Å²) in [5.74, 6) is 4.41. The number of hydrogen-bond acceptors (Lipinski definition) is 4. The number of aryl methyl sites for hydroxylation is 1.